The Hall–Kier alpha value is -1.42. The number of rotatable bonds is 2. The van der Waals surface area contributed by atoms with E-state index in [0.717, 1.165) is 19.6 Å². The Labute approximate surface area is 101 Å². The molecule has 1 aliphatic rings. The van der Waals surface area contributed by atoms with Crippen LogP contribution in [0.5, 0.6) is 0 Å². The minimum atomic E-state index is -0.441. The maximum Gasteiger partial charge on any atom is 0.155 e. The highest BCUT2D eigenvalue weighted by Gasteiger charge is 2.23. The van der Waals surface area contributed by atoms with E-state index in [9.17, 15) is 9.18 Å². The molecule has 0 bridgehead atoms. The fraction of sp³-hybridized carbons (Fsp3) is 0.462. The molecule has 1 unspecified atom stereocenters. The van der Waals surface area contributed by atoms with Crippen LogP contribution in [-0.4, -0.2) is 43.9 Å². The lowest BCUT2D eigenvalue weighted by atomic mass is 10.1. The molecule has 4 heteroatoms. The Bertz CT molecular complexity index is 422. The van der Waals surface area contributed by atoms with Crippen molar-refractivity contribution in [2.24, 2.45) is 0 Å². The maximum atomic E-state index is 13.5. The quantitative estimate of drug-likeness (QED) is 0.731. The van der Waals surface area contributed by atoms with Crippen LogP contribution >= 0.6 is 0 Å². The Morgan fingerprint density at radius 2 is 2.18 bits per heavy atom. The van der Waals surface area contributed by atoms with Crippen LogP contribution in [0.1, 0.15) is 17.3 Å². The molecule has 1 aromatic carbocycles. The first-order valence-electron chi connectivity index (χ1n) is 5.82. The fourth-order valence-electron chi connectivity index (χ4n) is 2.19. The van der Waals surface area contributed by atoms with Gasteiger partial charge in [-0.3, -0.25) is 4.79 Å². The molecule has 1 fully saturated rings. The summed E-state index contributed by atoms with van der Waals surface area (Å²) in [5.74, 6) is -0.441. The van der Waals surface area contributed by atoms with Crippen molar-refractivity contribution in [1.82, 2.24) is 4.90 Å². The number of carbonyl (C=O) groups is 1. The van der Waals surface area contributed by atoms with E-state index in [2.05, 4.69) is 23.8 Å². The Morgan fingerprint density at radius 3 is 2.82 bits per heavy atom. The summed E-state index contributed by atoms with van der Waals surface area (Å²) in [5.41, 5.74) is 0.879. The summed E-state index contributed by atoms with van der Waals surface area (Å²) in [5, 5.41) is 0. The van der Waals surface area contributed by atoms with E-state index in [1.165, 1.54) is 6.07 Å². The summed E-state index contributed by atoms with van der Waals surface area (Å²) in [6, 6.07) is 5.20. The van der Waals surface area contributed by atoms with Gasteiger partial charge in [-0.05, 0) is 26.1 Å². The van der Waals surface area contributed by atoms with Gasteiger partial charge in [0.2, 0.25) is 0 Å². The average molecular weight is 236 g/mol. The van der Waals surface area contributed by atoms with Crippen LogP contribution in [0.2, 0.25) is 0 Å². The second-order valence-electron chi connectivity index (χ2n) is 4.57. The van der Waals surface area contributed by atoms with Gasteiger partial charge in [-0.15, -0.1) is 0 Å². The van der Waals surface area contributed by atoms with Gasteiger partial charge in [-0.2, -0.15) is 0 Å². The van der Waals surface area contributed by atoms with Crippen LogP contribution in [0.15, 0.2) is 18.2 Å². The van der Waals surface area contributed by atoms with E-state index in [4.69, 9.17) is 0 Å². The highest BCUT2D eigenvalue weighted by molar-refractivity contribution is 5.85. The standard InChI is InChI=1S/C13H17FN2O/c1-10-8-16(7-6-15(10)2)13-5-3-4-12(14)11(13)9-17/h3-5,9-10H,6-8H2,1-2H3. The van der Waals surface area contributed by atoms with Crippen LogP contribution in [0.4, 0.5) is 10.1 Å². The molecule has 1 atom stereocenters. The number of benzene rings is 1. The van der Waals surface area contributed by atoms with E-state index in [0.29, 0.717) is 18.0 Å². The van der Waals surface area contributed by atoms with Crippen molar-refractivity contribution in [2.45, 2.75) is 13.0 Å². The van der Waals surface area contributed by atoms with Crippen LogP contribution in [0.25, 0.3) is 0 Å². The lowest BCUT2D eigenvalue weighted by Gasteiger charge is -2.39. The summed E-state index contributed by atoms with van der Waals surface area (Å²) in [6.45, 7) is 4.70. The number of hydrogen-bond acceptors (Lipinski definition) is 3. The van der Waals surface area contributed by atoms with Crippen molar-refractivity contribution in [3.8, 4) is 0 Å². The van der Waals surface area contributed by atoms with Gasteiger partial charge in [-0.25, -0.2) is 4.39 Å². The predicted molar refractivity (Wildman–Crippen MR) is 66.1 cm³/mol. The normalized spacial score (nSPS) is 21.6. The second kappa shape index (κ2) is 4.84. The number of hydrogen-bond donors (Lipinski definition) is 0. The number of halogens is 1. The summed E-state index contributed by atoms with van der Waals surface area (Å²) >= 11 is 0. The zero-order chi connectivity index (χ0) is 12.4. The molecule has 0 aromatic heterocycles. The molecular formula is C13H17FN2O. The SMILES string of the molecule is CC1CN(c2cccc(F)c2C=O)CCN1C. The van der Waals surface area contributed by atoms with Gasteiger partial charge >= 0.3 is 0 Å². The van der Waals surface area contributed by atoms with E-state index >= 15 is 0 Å². The molecule has 1 saturated heterocycles. The Kier molecular flexibility index (Phi) is 3.43. The van der Waals surface area contributed by atoms with E-state index in [-0.39, 0.29) is 5.56 Å². The maximum absolute atomic E-state index is 13.5. The molecule has 1 heterocycles. The van der Waals surface area contributed by atoms with Crippen molar-refractivity contribution in [1.29, 1.82) is 0 Å². The van der Waals surface area contributed by atoms with Gasteiger partial charge < -0.3 is 9.80 Å². The van der Waals surface area contributed by atoms with Crippen LogP contribution in [-0.2, 0) is 0 Å². The van der Waals surface area contributed by atoms with Gasteiger partial charge in [0.25, 0.3) is 0 Å². The van der Waals surface area contributed by atoms with E-state index in [1.807, 2.05) is 6.07 Å². The first kappa shape index (κ1) is 12.0. The molecule has 2 rings (SSSR count). The van der Waals surface area contributed by atoms with Gasteiger partial charge in [0.15, 0.2) is 6.29 Å². The third-order valence-electron chi connectivity index (χ3n) is 3.45. The Balaban J connectivity index is 2.28. The van der Waals surface area contributed by atoms with Gasteiger partial charge in [0.05, 0.1) is 11.3 Å². The molecule has 0 N–H and O–H groups in total. The minimum absolute atomic E-state index is 0.171. The molecule has 0 saturated carbocycles. The van der Waals surface area contributed by atoms with Crippen molar-refractivity contribution < 1.29 is 9.18 Å². The predicted octanol–water partition coefficient (Wildman–Crippen LogP) is 1.78. The van der Waals surface area contributed by atoms with E-state index in [1.54, 1.807) is 6.07 Å². The van der Waals surface area contributed by atoms with Crippen molar-refractivity contribution >= 4 is 12.0 Å². The zero-order valence-corrected chi connectivity index (χ0v) is 10.2. The summed E-state index contributed by atoms with van der Waals surface area (Å²) in [4.78, 5) is 15.3. The van der Waals surface area contributed by atoms with Crippen LogP contribution in [0.3, 0.4) is 0 Å². The third kappa shape index (κ3) is 2.31. The molecule has 1 aromatic rings. The van der Waals surface area contributed by atoms with Crippen molar-refractivity contribution in [3.05, 3.63) is 29.6 Å². The molecular weight excluding hydrogens is 219 g/mol. The highest BCUT2D eigenvalue weighted by Crippen LogP contribution is 2.24. The zero-order valence-electron chi connectivity index (χ0n) is 10.2. The van der Waals surface area contributed by atoms with Crippen molar-refractivity contribution in [3.63, 3.8) is 0 Å². The summed E-state index contributed by atoms with van der Waals surface area (Å²) < 4.78 is 13.5. The van der Waals surface area contributed by atoms with Crippen LogP contribution < -0.4 is 4.90 Å². The molecule has 3 nitrogen and oxygen atoms in total. The first-order valence-corrected chi connectivity index (χ1v) is 5.82. The highest BCUT2D eigenvalue weighted by atomic mass is 19.1. The second-order valence-corrected chi connectivity index (χ2v) is 4.57. The monoisotopic (exact) mass is 236 g/mol. The minimum Gasteiger partial charge on any atom is -0.368 e. The average Bonchev–Trinajstić information content (AvgIpc) is 2.32. The molecule has 1 aliphatic heterocycles. The summed E-state index contributed by atoms with van der Waals surface area (Å²) in [7, 11) is 2.08. The van der Waals surface area contributed by atoms with Gasteiger partial charge in [-0.1, -0.05) is 6.07 Å². The number of carbonyl (C=O) groups excluding carboxylic acids is 1. The number of likely N-dealkylation sites (N-methyl/N-ethyl adjacent to an activating group) is 1. The van der Waals surface area contributed by atoms with Crippen molar-refractivity contribution in [2.75, 3.05) is 31.6 Å². The number of nitrogens with zero attached hydrogens (tertiary/aromatic N) is 2. The van der Waals surface area contributed by atoms with Gasteiger partial charge in [0, 0.05) is 25.7 Å². The lowest BCUT2D eigenvalue weighted by Crippen LogP contribution is -2.50. The smallest absolute Gasteiger partial charge is 0.155 e. The van der Waals surface area contributed by atoms with Crippen LogP contribution in [0, 0.1) is 5.82 Å². The number of aldehydes is 1. The lowest BCUT2D eigenvalue weighted by molar-refractivity contribution is 0.112. The largest absolute Gasteiger partial charge is 0.368 e. The molecule has 0 spiro atoms. The fourth-order valence-corrected chi connectivity index (χ4v) is 2.19. The first-order chi connectivity index (χ1) is 8.13. The molecule has 17 heavy (non-hydrogen) atoms. The molecule has 92 valence electrons. The summed E-state index contributed by atoms with van der Waals surface area (Å²) in [6.07, 6.45) is 0.605. The number of anilines is 1. The Morgan fingerprint density at radius 1 is 1.41 bits per heavy atom. The topological polar surface area (TPSA) is 23.6 Å². The molecule has 0 aliphatic carbocycles. The van der Waals surface area contributed by atoms with E-state index < -0.39 is 5.82 Å². The van der Waals surface area contributed by atoms with Gasteiger partial charge in [0.1, 0.15) is 5.82 Å². The molecule has 0 amide bonds. The molecule has 0 radical (unpaired) electrons. The third-order valence-corrected chi connectivity index (χ3v) is 3.45. The number of piperazine rings is 1.